The molecule has 3 nitrogen and oxygen atoms in total. The molecule has 1 aromatic carbocycles. The largest absolute Gasteiger partial charge is 0.390 e. The first-order valence-corrected chi connectivity index (χ1v) is 7.15. The molecule has 0 bridgehead atoms. The van der Waals surface area contributed by atoms with E-state index in [-0.39, 0.29) is 6.04 Å². The van der Waals surface area contributed by atoms with Gasteiger partial charge in [0.25, 0.3) is 0 Å². The molecule has 0 amide bonds. The van der Waals surface area contributed by atoms with Crippen LogP contribution in [-0.2, 0) is 6.42 Å². The number of nitrogens with zero attached hydrogens (tertiary/aromatic N) is 1. The first-order valence-electron chi connectivity index (χ1n) is 5.98. The second kappa shape index (κ2) is 5.12. The molecule has 0 unspecified atom stereocenters. The summed E-state index contributed by atoms with van der Waals surface area (Å²) in [6.45, 7) is 0. The highest BCUT2D eigenvalue weighted by atomic mass is 79.9. The van der Waals surface area contributed by atoms with Gasteiger partial charge in [-0.15, -0.1) is 0 Å². The van der Waals surface area contributed by atoms with E-state index in [9.17, 15) is 5.11 Å². The predicted molar refractivity (Wildman–Crippen MR) is 79.5 cm³/mol. The van der Waals surface area contributed by atoms with Crippen LogP contribution in [-0.4, -0.2) is 16.2 Å². The van der Waals surface area contributed by atoms with Gasteiger partial charge >= 0.3 is 0 Å². The maximum Gasteiger partial charge on any atom is 0.145 e. The minimum atomic E-state index is -0.459. The summed E-state index contributed by atoms with van der Waals surface area (Å²) in [6.07, 6.45) is 1.88. The predicted octanol–water partition coefficient (Wildman–Crippen LogP) is 3.57. The van der Waals surface area contributed by atoms with E-state index in [2.05, 4.69) is 26.2 Å². The van der Waals surface area contributed by atoms with Crippen LogP contribution in [0.15, 0.2) is 41.0 Å². The van der Waals surface area contributed by atoms with Crippen LogP contribution in [0.3, 0.4) is 0 Å². The first-order chi connectivity index (χ1) is 9.15. The van der Waals surface area contributed by atoms with Crippen molar-refractivity contribution in [1.29, 1.82) is 0 Å². The third kappa shape index (κ3) is 2.48. The highest BCUT2D eigenvalue weighted by Crippen LogP contribution is 2.35. The van der Waals surface area contributed by atoms with Crippen molar-refractivity contribution in [3.63, 3.8) is 0 Å². The zero-order valence-electron chi connectivity index (χ0n) is 9.98. The summed E-state index contributed by atoms with van der Waals surface area (Å²) < 4.78 is 0.829. The molecule has 1 aromatic heterocycles. The summed E-state index contributed by atoms with van der Waals surface area (Å²) in [6, 6.07) is 9.64. The number of pyridine rings is 1. The molecular formula is C14H12BrClN2O. The fourth-order valence-electron chi connectivity index (χ4n) is 2.42. The van der Waals surface area contributed by atoms with Crippen molar-refractivity contribution in [1.82, 2.24) is 4.98 Å². The summed E-state index contributed by atoms with van der Waals surface area (Å²) >= 11 is 9.47. The molecule has 1 aliphatic carbocycles. The van der Waals surface area contributed by atoms with Gasteiger partial charge in [0, 0.05) is 17.1 Å². The Balaban J connectivity index is 1.91. The molecule has 2 N–H and O–H groups in total. The minimum Gasteiger partial charge on any atom is -0.390 e. The van der Waals surface area contributed by atoms with Gasteiger partial charge in [0.15, 0.2) is 0 Å². The van der Waals surface area contributed by atoms with Crippen LogP contribution >= 0.6 is 27.5 Å². The van der Waals surface area contributed by atoms with Gasteiger partial charge in [0.05, 0.1) is 17.2 Å². The maximum atomic E-state index is 10.2. The van der Waals surface area contributed by atoms with E-state index in [0.717, 1.165) is 10.0 Å². The monoisotopic (exact) mass is 338 g/mol. The lowest BCUT2D eigenvalue weighted by atomic mass is 10.1. The Labute approximate surface area is 124 Å². The highest BCUT2D eigenvalue weighted by molar-refractivity contribution is 9.10. The molecule has 0 aliphatic heterocycles. The average Bonchev–Trinajstić information content (AvgIpc) is 2.69. The lowest BCUT2D eigenvalue weighted by Gasteiger charge is -2.19. The molecule has 0 spiro atoms. The Bertz CT molecular complexity index is 620. The number of halogens is 2. The van der Waals surface area contributed by atoms with Crippen LogP contribution in [0.5, 0.6) is 0 Å². The number of aliphatic hydroxyl groups excluding tert-OH is 1. The Kier molecular flexibility index (Phi) is 3.48. The van der Waals surface area contributed by atoms with Crippen molar-refractivity contribution in [2.24, 2.45) is 0 Å². The summed E-state index contributed by atoms with van der Waals surface area (Å²) in [4.78, 5) is 4.25. The number of anilines is 1. The molecule has 3 rings (SSSR count). The number of aromatic nitrogens is 1. The number of fused-ring (bicyclic) bond motifs is 1. The molecule has 1 aliphatic rings. The smallest absolute Gasteiger partial charge is 0.145 e. The molecule has 1 heterocycles. The molecule has 0 saturated heterocycles. The second-order valence-electron chi connectivity index (χ2n) is 4.58. The SMILES string of the molecule is O[C@@H]1Cc2ccccc2[C@@H]1Nc1ncc(Br)cc1Cl. The number of aliphatic hydroxyl groups is 1. The van der Waals surface area contributed by atoms with Gasteiger partial charge in [0.1, 0.15) is 5.82 Å². The van der Waals surface area contributed by atoms with Crippen molar-refractivity contribution < 1.29 is 5.11 Å². The fourth-order valence-corrected chi connectivity index (χ4v) is 3.10. The van der Waals surface area contributed by atoms with E-state index in [0.29, 0.717) is 17.3 Å². The Morgan fingerprint density at radius 3 is 2.95 bits per heavy atom. The standard InChI is InChI=1S/C14H12BrClN2O/c15-9-6-11(16)14(17-7-9)18-13-10-4-2-1-3-8(10)5-12(13)19/h1-4,6-7,12-13,19H,5H2,(H,17,18)/t12-,13+/m1/s1. The first kappa shape index (κ1) is 12.9. The van der Waals surface area contributed by atoms with Gasteiger partial charge in [-0.2, -0.15) is 0 Å². The van der Waals surface area contributed by atoms with Crippen molar-refractivity contribution in [2.75, 3.05) is 5.32 Å². The lowest BCUT2D eigenvalue weighted by Crippen LogP contribution is -2.21. The summed E-state index contributed by atoms with van der Waals surface area (Å²) in [5.41, 5.74) is 2.27. The van der Waals surface area contributed by atoms with Gasteiger partial charge in [-0.3, -0.25) is 0 Å². The van der Waals surface area contributed by atoms with E-state index in [1.165, 1.54) is 5.56 Å². The zero-order valence-corrected chi connectivity index (χ0v) is 12.3. The molecule has 2 atom stereocenters. The van der Waals surface area contributed by atoms with E-state index >= 15 is 0 Å². The number of nitrogens with one attached hydrogen (secondary N) is 1. The van der Waals surface area contributed by atoms with Gasteiger partial charge < -0.3 is 10.4 Å². The van der Waals surface area contributed by atoms with Crippen LogP contribution in [0.2, 0.25) is 5.02 Å². The average molecular weight is 340 g/mol. The van der Waals surface area contributed by atoms with Gasteiger partial charge in [-0.05, 0) is 33.1 Å². The summed E-state index contributed by atoms with van der Waals surface area (Å²) in [5.74, 6) is 0.589. The minimum absolute atomic E-state index is 0.164. The highest BCUT2D eigenvalue weighted by Gasteiger charge is 2.31. The van der Waals surface area contributed by atoms with Crippen LogP contribution in [0.4, 0.5) is 5.82 Å². The van der Waals surface area contributed by atoms with Crippen LogP contribution < -0.4 is 5.32 Å². The topological polar surface area (TPSA) is 45.1 Å². The van der Waals surface area contributed by atoms with E-state index in [4.69, 9.17) is 11.6 Å². The van der Waals surface area contributed by atoms with Crippen molar-refractivity contribution in [3.8, 4) is 0 Å². The van der Waals surface area contributed by atoms with Crippen molar-refractivity contribution in [2.45, 2.75) is 18.6 Å². The summed E-state index contributed by atoms with van der Waals surface area (Å²) in [5, 5.41) is 13.9. The number of rotatable bonds is 2. The molecular weight excluding hydrogens is 328 g/mol. The molecule has 0 radical (unpaired) electrons. The Morgan fingerprint density at radius 2 is 2.16 bits per heavy atom. The summed E-state index contributed by atoms with van der Waals surface area (Å²) in [7, 11) is 0. The number of hydrogen-bond donors (Lipinski definition) is 2. The molecule has 2 aromatic rings. The third-order valence-corrected chi connectivity index (χ3v) is 4.03. The molecule has 0 saturated carbocycles. The lowest BCUT2D eigenvalue weighted by molar-refractivity contribution is 0.165. The van der Waals surface area contributed by atoms with Crippen LogP contribution in [0, 0.1) is 0 Å². The maximum absolute atomic E-state index is 10.2. The van der Waals surface area contributed by atoms with Gasteiger partial charge in [-0.1, -0.05) is 35.9 Å². The van der Waals surface area contributed by atoms with E-state index in [1.807, 2.05) is 24.3 Å². The zero-order chi connectivity index (χ0) is 13.4. The fraction of sp³-hybridized carbons (Fsp3) is 0.214. The molecule has 5 heteroatoms. The normalized spacial score (nSPS) is 21.2. The van der Waals surface area contributed by atoms with Crippen LogP contribution in [0.1, 0.15) is 17.2 Å². The third-order valence-electron chi connectivity index (χ3n) is 3.30. The Morgan fingerprint density at radius 1 is 1.37 bits per heavy atom. The second-order valence-corrected chi connectivity index (χ2v) is 5.90. The van der Waals surface area contributed by atoms with Crippen molar-refractivity contribution >= 4 is 33.3 Å². The number of hydrogen-bond acceptors (Lipinski definition) is 3. The van der Waals surface area contributed by atoms with Crippen molar-refractivity contribution in [3.05, 3.63) is 57.2 Å². The van der Waals surface area contributed by atoms with E-state index in [1.54, 1.807) is 12.3 Å². The number of benzene rings is 1. The molecule has 0 fully saturated rings. The quantitative estimate of drug-likeness (QED) is 0.879. The molecule has 19 heavy (non-hydrogen) atoms. The van der Waals surface area contributed by atoms with Gasteiger partial charge in [-0.25, -0.2) is 4.98 Å². The molecule has 98 valence electrons. The van der Waals surface area contributed by atoms with E-state index < -0.39 is 6.10 Å². The Hall–Kier alpha value is -1.10. The van der Waals surface area contributed by atoms with Crippen LogP contribution in [0.25, 0.3) is 0 Å². The van der Waals surface area contributed by atoms with Gasteiger partial charge in [0.2, 0.25) is 0 Å².